The van der Waals surface area contributed by atoms with Crippen LogP contribution in [-0.4, -0.2) is 38.4 Å². The molecule has 2 aromatic heterocycles. The van der Waals surface area contributed by atoms with Crippen molar-refractivity contribution < 1.29 is 9.90 Å². The van der Waals surface area contributed by atoms with Crippen LogP contribution in [0.1, 0.15) is 43.2 Å². The summed E-state index contributed by atoms with van der Waals surface area (Å²) < 4.78 is 1.70. The maximum atomic E-state index is 11.6. The fourth-order valence-electron chi connectivity index (χ4n) is 2.72. The van der Waals surface area contributed by atoms with Crippen LogP contribution < -0.4 is 4.90 Å². The van der Waals surface area contributed by atoms with Crippen molar-refractivity contribution in [2.75, 3.05) is 11.4 Å². The number of rotatable bonds is 5. The van der Waals surface area contributed by atoms with Crippen molar-refractivity contribution in [3.05, 3.63) is 17.5 Å². The summed E-state index contributed by atoms with van der Waals surface area (Å²) in [6.07, 6.45) is 2.38. The molecule has 6 heteroatoms. The standard InChI is InChI=1S/C15H22N4O2/c1-6-7-19(9(2)3)13-11(15(20)21)8-16-14-12(13)10(4)17-18(14)5/h8-9H,6-7H2,1-5H3,(H,20,21). The summed E-state index contributed by atoms with van der Waals surface area (Å²) in [6, 6.07) is 0.202. The second-order valence-electron chi connectivity index (χ2n) is 5.52. The Morgan fingerprint density at radius 3 is 2.67 bits per heavy atom. The van der Waals surface area contributed by atoms with Gasteiger partial charge in [0.1, 0.15) is 5.56 Å². The number of carbonyl (C=O) groups is 1. The molecule has 0 saturated carbocycles. The number of aromatic carboxylic acids is 1. The van der Waals surface area contributed by atoms with Crippen LogP contribution in [0.2, 0.25) is 0 Å². The third-order valence-electron chi connectivity index (χ3n) is 3.61. The molecule has 0 atom stereocenters. The lowest BCUT2D eigenvalue weighted by Gasteiger charge is -2.30. The van der Waals surface area contributed by atoms with Crippen LogP contribution in [0, 0.1) is 6.92 Å². The number of aromatic nitrogens is 3. The van der Waals surface area contributed by atoms with E-state index >= 15 is 0 Å². The Hall–Kier alpha value is -2.11. The monoisotopic (exact) mass is 290 g/mol. The summed E-state index contributed by atoms with van der Waals surface area (Å²) >= 11 is 0. The van der Waals surface area contributed by atoms with Crippen molar-refractivity contribution in [1.82, 2.24) is 14.8 Å². The molecule has 21 heavy (non-hydrogen) atoms. The molecule has 1 N–H and O–H groups in total. The van der Waals surface area contributed by atoms with Gasteiger partial charge in [0.05, 0.1) is 16.8 Å². The molecule has 0 bridgehead atoms. The molecule has 2 heterocycles. The minimum atomic E-state index is -0.954. The molecule has 0 spiro atoms. The first-order chi connectivity index (χ1) is 9.88. The number of hydrogen-bond donors (Lipinski definition) is 1. The van der Waals surface area contributed by atoms with Gasteiger partial charge in [0.25, 0.3) is 0 Å². The van der Waals surface area contributed by atoms with Gasteiger partial charge in [0.15, 0.2) is 5.65 Å². The highest BCUT2D eigenvalue weighted by Crippen LogP contribution is 2.33. The van der Waals surface area contributed by atoms with Gasteiger partial charge in [-0.2, -0.15) is 5.10 Å². The van der Waals surface area contributed by atoms with E-state index in [0.29, 0.717) is 5.65 Å². The highest BCUT2D eigenvalue weighted by atomic mass is 16.4. The first kappa shape index (κ1) is 15.3. The van der Waals surface area contributed by atoms with Crippen molar-refractivity contribution in [3.8, 4) is 0 Å². The van der Waals surface area contributed by atoms with Crippen molar-refractivity contribution >= 4 is 22.7 Å². The van der Waals surface area contributed by atoms with Crippen LogP contribution in [0.25, 0.3) is 11.0 Å². The van der Waals surface area contributed by atoms with E-state index in [4.69, 9.17) is 0 Å². The number of pyridine rings is 1. The minimum absolute atomic E-state index is 0.202. The van der Waals surface area contributed by atoms with Gasteiger partial charge in [-0.3, -0.25) is 4.68 Å². The van der Waals surface area contributed by atoms with Crippen LogP contribution in [0.15, 0.2) is 6.20 Å². The zero-order chi connectivity index (χ0) is 15.7. The normalized spacial score (nSPS) is 11.3. The van der Waals surface area contributed by atoms with E-state index in [9.17, 15) is 9.90 Å². The van der Waals surface area contributed by atoms with Gasteiger partial charge < -0.3 is 10.0 Å². The number of nitrogens with zero attached hydrogens (tertiary/aromatic N) is 4. The smallest absolute Gasteiger partial charge is 0.339 e. The lowest BCUT2D eigenvalue weighted by molar-refractivity contribution is 0.0697. The quantitative estimate of drug-likeness (QED) is 0.916. The van der Waals surface area contributed by atoms with Crippen LogP contribution in [-0.2, 0) is 7.05 Å². The average Bonchev–Trinajstić information content (AvgIpc) is 2.70. The Morgan fingerprint density at radius 2 is 2.14 bits per heavy atom. The molecule has 0 aromatic carbocycles. The lowest BCUT2D eigenvalue weighted by Crippen LogP contribution is -2.33. The van der Waals surface area contributed by atoms with Gasteiger partial charge in [-0.1, -0.05) is 6.92 Å². The second-order valence-corrected chi connectivity index (χ2v) is 5.52. The maximum Gasteiger partial charge on any atom is 0.339 e. The summed E-state index contributed by atoms with van der Waals surface area (Å²) in [6.45, 7) is 8.91. The van der Waals surface area contributed by atoms with Crippen molar-refractivity contribution in [2.24, 2.45) is 7.05 Å². The Balaban J connectivity index is 2.83. The summed E-state index contributed by atoms with van der Waals surface area (Å²) in [7, 11) is 1.83. The van der Waals surface area contributed by atoms with Crippen LogP contribution >= 0.6 is 0 Å². The molecule has 6 nitrogen and oxygen atoms in total. The van der Waals surface area contributed by atoms with E-state index in [1.807, 2.05) is 14.0 Å². The van der Waals surface area contributed by atoms with Gasteiger partial charge >= 0.3 is 5.97 Å². The molecular formula is C15H22N4O2. The molecule has 114 valence electrons. The summed E-state index contributed by atoms with van der Waals surface area (Å²) in [4.78, 5) is 18.0. The van der Waals surface area contributed by atoms with E-state index in [1.54, 1.807) is 4.68 Å². The van der Waals surface area contributed by atoms with Crippen LogP contribution in [0.5, 0.6) is 0 Å². The number of aryl methyl sites for hydroxylation is 2. The topological polar surface area (TPSA) is 71.2 Å². The van der Waals surface area contributed by atoms with Crippen LogP contribution in [0.4, 0.5) is 5.69 Å². The Morgan fingerprint density at radius 1 is 1.48 bits per heavy atom. The molecule has 0 amide bonds. The molecule has 0 unspecified atom stereocenters. The minimum Gasteiger partial charge on any atom is -0.478 e. The molecule has 0 saturated heterocycles. The fourth-order valence-corrected chi connectivity index (χ4v) is 2.72. The summed E-state index contributed by atoms with van der Waals surface area (Å²) in [5, 5.41) is 14.7. The molecule has 0 aliphatic carbocycles. The fraction of sp³-hybridized carbons (Fsp3) is 0.533. The zero-order valence-corrected chi connectivity index (χ0v) is 13.2. The molecule has 0 radical (unpaired) electrons. The molecular weight excluding hydrogens is 268 g/mol. The first-order valence-corrected chi connectivity index (χ1v) is 7.20. The number of fused-ring (bicyclic) bond motifs is 1. The third kappa shape index (κ3) is 2.57. The van der Waals surface area contributed by atoms with E-state index in [-0.39, 0.29) is 11.6 Å². The summed E-state index contributed by atoms with van der Waals surface area (Å²) in [5.41, 5.74) is 2.49. The highest BCUT2D eigenvalue weighted by molar-refractivity contribution is 6.04. The van der Waals surface area contributed by atoms with Gasteiger partial charge in [0.2, 0.25) is 0 Å². The molecule has 0 fully saturated rings. The molecule has 0 aliphatic rings. The van der Waals surface area contributed by atoms with Crippen LogP contribution in [0.3, 0.4) is 0 Å². The predicted octanol–water partition coefficient (Wildman–Crippen LogP) is 2.60. The number of carboxylic acid groups (broad SMARTS) is 1. The van der Waals surface area contributed by atoms with Crippen molar-refractivity contribution in [3.63, 3.8) is 0 Å². The third-order valence-corrected chi connectivity index (χ3v) is 3.61. The first-order valence-electron chi connectivity index (χ1n) is 7.20. The zero-order valence-electron chi connectivity index (χ0n) is 13.2. The van der Waals surface area contributed by atoms with Crippen molar-refractivity contribution in [2.45, 2.75) is 40.2 Å². The van der Waals surface area contributed by atoms with Gasteiger partial charge in [-0.15, -0.1) is 0 Å². The Bertz CT molecular complexity index is 676. The largest absolute Gasteiger partial charge is 0.478 e. The highest BCUT2D eigenvalue weighted by Gasteiger charge is 2.24. The van der Waals surface area contributed by atoms with Gasteiger partial charge in [-0.05, 0) is 27.2 Å². The van der Waals surface area contributed by atoms with Crippen molar-refractivity contribution in [1.29, 1.82) is 0 Å². The number of hydrogen-bond acceptors (Lipinski definition) is 4. The molecule has 0 aliphatic heterocycles. The van der Waals surface area contributed by atoms with E-state index in [0.717, 1.165) is 29.7 Å². The van der Waals surface area contributed by atoms with Gasteiger partial charge in [-0.25, -0.2) is 9.78 Å². The molecule has 2 aromatic rings. The van der Waals surface area contributed by atoms with E-state index < -0.39 is 5.97 Å². The Labute approximate surface area is 124 Å². The second kappa shape index (κ2) is 5.71. The average molecular weight is 290 g/mol. The molecule has 2 rings (SSSR count). The number of anilines is 1. The van der Waals surface area contributed by atoms with E-state index in [2.05, 4.69) is 35.8 Å². The lowest BCUT2D eigenvalue weighted by atomic mass is 10.1. The number of carboxylic acids is 1. The maximum absolute atomic E-state index is 11.6. The van der Waals surface area contributed by atoms with Gasteiger partial charge in [0, 0.05) is 25.8 Å². The predicted molar refractivity (Wildman–Crippen MR) is 83.0 cm³/mol. The Kier molecular flexibility index (Phi) is 4.16. The van der Waals surface area contributed by atoms with E-state index in [1.165, 1.54) is 6.20 Å². The SMILES string of the molecule is CCCN(c1c(C(=O)O)cnc2c1c(C)nn2C)C(C)C. The summed E-state index contributed by atoms with van der Waals surface area (Å²) in [5.74, 6) is -0.954.